The molecule has 0 amide bonds. The van der Waals surface area contributed by atoms with Gasteiger partial charge in [-0.25, -0.2) is 4.39 Å². The first kappa shape index (κ1) is 18.5. The zero-order valence-corrected chi connectivity index (χ0v) is 15.0. The average Bonchev–Trinajstić information content (AvgIpc) is 2.55. The van der Waals surface area contributed by atoms with Crippen molar-refractivity contribution in [2.75, 3.05) is 12.8 Å². The molecule has 0 aliphatic heterocycles. The quantitative estimate of drug-likeness (QED) is 0.537. The van der Waals surface area contributed by atoms with Crippen LogP contribution in [-0.2, 0) is 11.8 Å². The van der Waals surface area contributed by atoms with Crippen molar-refractivity contribution in [3.8, 4) is 5.75 Å². The van der Waals surface area contributed by atoms with Crippen LogP contribution in [0.25, 0.3) is 0 Å². The van der Waals surface area contributed by atoms with Gasteiger partial charge in [0, 0.05) is 12.6 Å². The van der Waals surface area contributed by atoms with E-state index in [1.807, 2.05) is 0 Å². The Bertz CT molecular complexity index is 790. The van der Waals surface area contributed by atoms with Gasteiger partial charge in [-0.15, -0.1) is 0 Å². The van der Waals surface area contributed by atoms with Crippen LogP contribution in [0.15, 0.2) is 42.5 Å². The molecule has 1 unspecified atom stereocenters. The van der Waals surface area contributed by atoms with Crippen LogP contribution in [-0.4, -0.2) is 13.3 Å². The van der Waals surface area contributed by atoms with Gasteiger partial charge in [0.2, 0.25) is 0 Å². The molecule has 2 aromatic rings. The summed E-state index contributed by atoms with van der Waals surface area (Å²) in [6.07, 6.45) is -5.86. The molecular formula is C20H23F4NO. The molecule has 0 radical (unpaired) electrons. The largest absolute Gasteiger partial charge is 0.496 e. The highest BCUT2D eigenvalue weighted by Gasteiger charge is 2.43. The molecule has 0 fully saturated rings. The highest BCUT2D eigenvalue weighted by molar-refractivity contribution is 5.40. The second-order valence-electron chi connectivity index (χ2n) is 6.92. The molecule has 2 rings (SSSR count). The third-order valence-electron chi connectivity index (χ3n) is 4.34. The van der Waals surface area contributed by atoms with Gasteiger partial charge in [0.05, 0.1) is 13.0 Å². The van der Waals surface area contributed by atoms with Crippen LogP contribution in [0.3, 0.4) is 0 Å². The highest BCUT2D eigenvalue weighted by Crippen LogP contribution is 2.42. The first-order valence-corrected chi connectivity index (χ1v) is 8.13. The van der Waals surface area contributed by atoms with E-state index < -0.39 is 36.1 Å². The van der Waals surface area contributed by atoms with Crippen molar-refractivity contribution in [2.24, 2.45) is 5.89 Å². The van der Waals surface area contributed by atoms with Gasteiger partial charge in [-0.2, -0.15) is 13.2 Å². The van der Waals surface area contributed by atoms with E-state index in [0.717, 1.165) is 0 Å². The summed E-state index contributed by atoms with van der Waals surface area (Å²) in [6, 6.07) is 9.72. The summed E-state index contributed by atoms with van der Waals surface area (Å²) in [5.41, 5.74) is 5.52. The predicted molar refractivity (Wildman–Crippen MR) is 94.7 cm³/mol. The number of nitrogen functional groups attached to an aromatic ring is 1. The van der Waals surface area contributed by atoms with Crippen LogP contribution in [0.5, 0.6) is 5.75 Å². The average molecular weight is 371 g/mol. The molecule has 1 atom stereocenters. The van der Waals surface area contributed by atoms with E-state index in [1.54, 1.807) is 13.8 Å². The van der Waals surface area contributed by atoms with Gasteiger partial charge in [-0.3, -0.25) is 0 Å². The van der Waals surface area contributed by atoms with Crippen molar-refractivity contribution in [2.45, 2.75) is 38.3 Å². The molecule has 0 saturated heterocycles. The van der Waals surface area contributed by atoms with Gasteiger partial charge in [-0.05, 0) is 54.2 Å². The highest BCUT2D eigenvalue weighted by atomic mass is 19.4. The van der Waals surface area contributed by atoms with Gasteiger partial charge >= 0.3 is 6.18 Å². The van der Waals surface area contributed by atoms with Gasteiger partial charge < -0.3 is 10.5 Å². The van der Waals surface area contributed by atoms with Crippen molar-refractivity contribution in [3.05, 3.63) is 59.4 Å². The van der Waals surface area contributed by atoms with Crippen LogP contribution in [0.1, 0.15) is 32.8 Å². The number of nitrogens with two attached hydrogens (primary N) is 1. The topological polar surface area (TPSA) is 35.2 Å². The fraction of sp³-hybridized carbons (Fsp3) is 0.400. The Hall–Kier alpha value is -2.24. The summed E-state index contributed by atoms with van der Waals surface area (Å²) < 4.78 is 68.8. The van der Waals surface area contributed by atoms with Crippen molar-refractivity contribution in [1.82, 2.24) is 0 Å². The van der Waals surface area contributed by atoms with Gasteiger partial charge in [0.25, 0.3) is 0 Å². The molecule has 0 saturated carbocycles. The van der Waals surface area contributed by atoms with Crippen LogP contribution in [0, 0.1) is 11.7 Å². The normalized spacial score (nSPS) is 15.3. The second-order valence-corrected chi connectivity index (χ2v) is 6.92. The molecule has 0 aliphatic carbocycles. The van der Waals surface area contributed by atoms with E-state index >= 15 is 0 Å². The number of halogens is 4. The number of alkyl halides is 3. The van der Waals surface area contributed by atoms with E-state index in [-0.39, 0.29) is 0 Å². The van der Waals surface area contributed by atoms with E-state index in [4.69, 9.17) is 11.8 Å². The maximum absolute atomic E-state index is 13.9. The molecule has 0 aromatic heterocycles. The van der Waals surface area contributed by atoms with E-state index in [0.29, 0.717) is 22.6 Å². The number of methoxy groups -OCH3 is 1. The molecule has 6 heteroatoms. The molecule has 0 aliphatic rings. The van der Waals surface area contributed by atoms with Gasteiger partial charge in [0.1, 0.15) is 11.6 Å². The smallest absolute Gasteiger partial charge is 0.392 e. The minimum absolute atomic E-state index is 0.290. The lowest BCUT2D eigenvalue weighted by molar-refractivity contribution is -0.179. The summed E-state index contributed by atoms with van der Waals surface area (Å²) in [7, 11) is 1.37. The first-order valence-electron chi connectivity index (χ1n) is 8.63. The van der Waals surface area contributed by atoms with Crippen molar-refractivity contribution in [3.63, 3.8) is 0 Å². The Morgan fingerprint density at radius 3 is 2.27 bits per heavy atom. The lowest BCUT2D eigenvalue weighted by atomic mass is 9.75. The van der Waals surface area contributed by atoms with Gasteiger partial charge in [-0.1, -0.05) is 26.0 Å². The van der Waals surface area contributed by atoms with E-state index in [1.165, 1.54) is 49.6 Å². The molecule has 26 heavy (non-hydrogen) atoms. The van der Waals surface area contributed by atoms with E-state index in [2.05, 4.69) is 0 Å². The Kier molecular flexibility index (Phi) is 5.39. The third-order valence-corrected chi connectivity index (χ3v) is 4.34. The molecular weight excluding hydrogens is 346 g/mol. The molecule has 142 valence electrons. The monoisotopic (exact) mass is 371 g/mol. The van der Waals surface area contributed by atoms with Gasteiger partial charge in [0.15, 0.2) is 0 Å². The predicted octanol–water partition coefficient (Wildman–Crippen LogP) is 5.51. The lowest BCUT2D eigenvalue weighted by Crippen LogP contribution is -2.32. The van der Waals surface area contributed by atoms with Crippen molar-refractivity contribution >= 4 is 5.69 Å². The van der Waals surface area contributed by atoms with Crippen LogP contribution in [0.4, 0.5) is 23.2 Å². The maximum Gasteiger partial charge on any atom is 0.392 e. The molecule has 0 heterocycles. The Morgan fingerprint density at radius 2 is 1.73 bits per heavy atom. The number of benzene rings is 2. The van der Waals surface area contributed by atoms with Crippen molar-refractivity contribution in [1.29, 1.82) is 0 Å². The fourth-order valence-electron chi connectivity index (χ4n) is 2.98. The summed E-state index contributed by atoms with van der Waals surface area (Å²) >= 11 is 0. The molecule has 2 nitrogen and oxygen atoms in total. The number of anilines is 1. The second kappa shape index (κ2) is 7.56. The van der Waals surface area contributed by atoms with Crippen LogP contribution >= 0.6 is 0 Å². The Morgan fingerprint density at radius 1 is 1.12 bits per heavy atom. The Balaban J connectivity index is 2.43. The number of rotatable bonds is 6. The number of hydrogen-bond donors (Lipinski definition) is 1. The summed E-state index contributed by atoms with van der Waals surface area (Å²) in [5.74, 6) is -3.04. The zero-order chi connectivity index (χ0) is 20.5. The standard InChI is InChI=1S/C20H23F4NO/c1-19(2,17-11-15(21)6-9-18(17)26-3)12-14(20(22,23)24)10-13-4-7-16(25)8-5-13/h4-9,11,14H,10,12,25H2,1-3H3/i14T. The third kappa shape index (κ3) is 4.90. The SMILES string of the molecule is [3H]C(Cc1ccc(N)cc1)(CC(C)(C)c1cc(F)ccc1OC)C(F)(F)F. The van der Waals surface area contributed by atoms with Crippen molar-refractivity contribution < 1.29 is 23.7 Å². The molecule has 2 aromatic carbocycles. The first-order chi connectivity index (χ1) is 12.4. The number of hydrogen-bond acceptors (Lipinski definition) is 2. The molecule has 0 bridgehead atoms. The number of ether oxygens (including phenoxy) is 1. The minimum atomic E-state index is -4.77. The fourth-order valence-corrected chi connectivity index (χ4v) is 2.98. The lowest BCUT2D eigenvalue weighted by Gasteiger charge is -2.32. The zero-order valence-electron chi connectivity index (χ0n) is 16.0. The summed E-state index contributed by atoms with van der Waals surface area (Å²) in [4.78, 5) is 0. The van der Waals surface area contributed by atoms with E-state index in [9.17, 15) is 17.6 Å². The Labute approximate surface area is 152 Å². The summed E-state index contributed by atoms with van der Waals surface area (Å²) in [6.45, 7) is 3.12. The van der Waals surface area contributed by atoms with Crippen LogP contribution in [0.2, 0.25) is 0 Å². The molecule has 2 N–H and O–H groups in total. The molecule has 0 spiro atoms. The minimum Gasteiger partial charge on any atom is -0.496 e. The summed E-state index contributed by atoms with van der Waals surface area (Å²) in [5, 5.41) is 0. The van der Waals surface area contributed by atoms with Crippen LogP contribution < -0.4 is 10.5 Å². The maximum atomic E-state index is 13.9.